The van der Waals surface area contributed by atoms with Gasteiger partial charge >= 0.3 is 0 Å². The molecule has 0 spiro atoms. The number of benzene rings is 2. The molecule has 2 aromatic rings. The molecule has 0 aliphatic heterocycles. The van der Waals surface area contributed by atoms with Crippen LogP contribution in [0.15, 0.2) is 42.5 Å². The SMILES string of the molecule is C[C@@H](Nc1ccc(CNS(C)(=O)=O)cc1)c1cc(F)ccc1F. The summed E-state index contributed by atoms with van der Waals surface area (Å²) in [6.45, 7) is 1.93. The first-order valence-corrected chi connectivity index (χ1v) is 8.89. The molecule has 0 amide bonds. The van der Waals surface area contributed by atoms with Gasteiger partial charge in [0.05, 0.1) is 12.3 Å². The average molecular weight is 340 g/mol. The highest BCUT2D eigenvalue weighted by Crippen LogP contribution is 2.22. The summed E-state index contributed by atoms with van der Waals surface area (Å²) in [7, 11) is -3.24. The van der Waals surface area contributed by atoms with Crippen molar-refractivity contribution in [3.8, 4) is 0 Å². The lowest BCUT2D eigenvalue weighted by atomic mass is 10.1. The van der Waals surface area contributed by atoms with Crippen molar-refractivity contribution in [2.75, 3.05) is 11.6 Å². The highest BCUT2D eigenvalue weighted by molar-refractivity contribution is 7.88. The summed E-state index contributed by atoms with van der Waals surface area (Å²) in [6.07, 6.45) is 1.10. The number of anilines is 1. The third-order valence-corrected chi connectivity index (χ3v) is 3.97. The van der Waals surface area contributed by atoms with Crippen molar-refractivity contribution in [3.05, 3.63) is 65.2 Å². The maximum absolute atomic E-state index is 13.7. The van der Waals surface area contributed by atoms with Crippen LogP contribution in [-0.2, 0) is 16.6 Å². The highest BCUT2D eigenvalue weighted by Gasteiger charge is 2.12. The monoisotopic (exact) mass is 340 g/mol. The zero-order valence-corrected chi connectivity index (χ0v) is 13.6. The quantitative estimate of drug-likeness (QED) is 0.849. The van der Waals surface area contributed by atoms with Gasteiger partial charge < -0.3 is 5.32 Å². The Kier molecular flexibility index (Phi) is 5.33. The predicted molar refractivity (Wildman–Crippen MR) is 86.5 cm³/mol. The zero-order valence-electron chi connectivity index (χ0n) is 12.8. The van der Waals surface area contributed by atoms with Gasteiger partial charge in [-0.25, -0.2) is 21.9 Å². The topological polar surface area (TPSA) is 58.2 Å². The Morgan fingerprint density at radius 1 is 1.09 bits per heavy atom. The van der Waals surface area contributed by atoms with Crippen LogP contribution in [0.4, 0.5) is 14.5 Å². The Morgan fingerprint density at radius 2 is 1.74 bits per heavy atom. The van der Waals surface area contributed by atoms with E-state index >= 15 is 0 Å². The number of halogens is 2. The van der Waals surface area contributed by atoms with Crippen LogP contribution in [0.25, 0.3) is 0 Å². The van der Waals surface area contributed by atoms with Crippen LogP contribution >= 0.6 is 0 Å². The van der Waals surface area contributed by atoms with Crippen molar-refractivity contribution in [2.45, 2.75) is 19.5 Å². The molecule has 1 atom stereocenters. The van der Waals surface area contributed by atoms with Crippen molar-refractivity contribution in [1.29, 1.82) is 0 Å². The standard InChI is InChI=1S/C16H18F2N2O2S/c1-11(15-9-13(17)5-8-16(15)18)20-14-6-3-12(4-7-14)10-19-23(2,21)22/h3-9,11,19-20H,10H2,1-2H3/t11-/m1/s1. The molecule has 0 fully saturated rings. The molecule has 124 valence electrons. The summed E-state index contributed by atoms with van der Waals surface area (Å²) in [6, 6.07) is 9.96. The molecule has 0 aliphatic rings. The van der Waals surface area contributed by atoms with Crippen LogP contribution in [0.2, 0.25) is 0 Å². The summed E-state index contributed by atoms with van der Waals surface area (Å²) in [5.74, 6) is -0.961. The van der Waals surface area contributed by atoms with E-state index in [4.69, 9.17) is 0 Å². The fourth-order valence-corrected chi connectivity index (χ4v) is 2.54. The number of nitrogens with one attached hydrogen (secondary N) is 2. The van der Waals surface area contributed by atoms with Crippen molar-refractivity contribution in [1.82, 2.24) is 4.72 Å². The van der Waals surface area contributed by atoms with Gasteiger partial charge in [0.15, 0.2) is 0 Å². The molecule has 0 bridgehead atoms. The second-order valence-corrected chi connectivity index (χ2v) is 7.16. The van der Waals surface area contributed by atoms with Gasteiger partial charge in [-0.2, -0.15) is 0 Å². The predicted octanol–water partition coefficient (Wildman–Crippen LogP) is 3.19. The second-order valence-electron chi connectivity index (χ2n) is 5.32. The van der Waals surface area contributed by atoms with Crippen molar-refractivity contribution in [3.63, 3.8) is 0 Å². The van der Waals surface area contributed by atoms with E-state index in [1.54, 1.807) is 31.2 Å². The van der Waals surface area contributed by atoms with E-state index in [2.05, 4.69) is 10.0 Å². The van der Waals surface area contributed by atoms with E-state index < -0.39 is 27.7 Å². The molecular formula is C16H18F2N2O2S. The summed E-state index contributed by atoms with van der Waals surface area (Å²) in [5.41, 5.74) is 1.77. The molecule has 7 heteroatoms. The largest absolute Gasteiger partial charge is 0.378 e. The van der Waals surface area contributed by atoms with Crippen LogP contribution in [0.5, 0.6) is 0 Å². The molecule has 23 heavy (non-hydrogen) atoms. The Morgan fingerprint density at radius 3 is 2.35 bits per heavy atom. The summed E-state index contributed by atoms with van der Waals surface area (Å²) in [4.78, 5) is 0. The minimum absolute atomic E-state index is 0.202. The van der Waals surface area contributed by atoms with Crippen molar-refractivity contribution in [2.24, 2.45) is 0 Å². The number of hydrogen-bond donors (Lipinski definition) is 2. The Balaban J connectivity index is 2.04. The number of hydrogen-bond acceptors (Lipinski definition) is 3. The smallest absolute Gasteiger partial charge is 0.209 e. The average Bonchev–Trinajstić information content (AvgIpc) is 2.48. The first kappa shape index (κ1) is 17.4. The van der Waals surface area contributed by atoms with Crippen molar-refractivity contribution >= 4 is 15.7 Å². The Bertz CT molecular complexity index is 777. The number of rotatable bonds is 6. The van der Waals surface area contributed by atoms with E-state index in [1.165, 1.54) is 0 Å². The molecular weight excluding hydrogens is 322 g/mol. The Labute approximate surface area is 134 Å². The highest BCUT2D eigenvalue weighted by atomic mass is 32.2. The van der Waals surface area contributed by atoms with Crippen molar-refractivity contribution < 1.29 is 17.2 Å². The lowest BCUT2D eigenvalue weighted by molar-refractivity contribution is 0.577. The van der Waals surface area contributed by atoms with E-state index in [0.29, 0.717) is 0 Å². The normalized spacial score (nSPS) is 12.9. The third kappa shape index (κ3) is 5.30. The summed E-state index contributed by atoms with van der Waals surface area (Å²) < 4.78 is 51.4. The van der Waals surface area contributed by atoms with E-state index in [0.717, 1.165) is 35.7 Å². The molecule has 0 saturated heterocycles. The maximum Gasteiger partial charge on any atom is 0.209 e. The lowest BCUT2D eigenvalue weighted by Crippen LogP contribution is -2.21. The fourth-order valence-electron chi connectivity index (χ4n) is 2.11. The van der Waals surface area contributed by atoms with Gasteiger partial charge in [0, 0.05) is 17.8 Å². The fraction of sp³-hybridized carbons (Fsp3) is 0.250. The molecule has 0 heterocycles. The van der Waals surface area contributed by atoms with Gasteiger partial charge in [-0.1, -0.05) is 12.1 Å². The van der Waals surface area contributed by atoms with E-state index in [9.17, 15) is 17.2 Å². The molecule has 2 N–H and O–H groups in total. The molecule has 0 aromatic heterocycles. The van der Waals surface area contributed by atoms with Gasteiger partial charge in [-0.05, 0) is 42.8 Å². The minimum Gasteiger partial charge on any atom is -0.378 e. The molecule has 0 unspecified atom stereocenters. The van der Waals surface area contributed by atoms with Crippen LogP contribution < -0.4 is 10.0 Å². The first-order valence-electron chi connectivity index (χ1n) is 6.99. The third-order valence-electron chi connectivity index (χ3n) is 3.30. The van der Waals surface area contributed by atoms with Crippen LogP contribution in [0.3, 0.4) is 0 Å². The van der Waals surface area contributed by atoms with Crippen LogP contribution in [-0.4, -0.2) is 14.7 Å². The first-order chi connectivity index (χ1) is 10.7. The van der Waals surface area contributed by atoms with Crippen LogP contribution in [0, 0.1) is 11.6 Å². The lowest BCUT2D eigenvalue weighted by Gasteiger charge is -2.17. The molecule has 0 saturated carbocycles. The Hall–Kier alpha value is -1.99. The van der Waals surface area contributed by atoms with Gasteiger partial charge in [-0.15, -0.1) is 0 Å². The maximum atomic E-state index is 13.7. The molecule has 2 rings (SSSR count). The van der Waals surface area contributed by atoms with E-state index in [-0.39, 0.29) is 12.1 Å². The zero-order chi connectivity index (χ0) is 17.0. The second kappa shape index (κ2) is 7.06. The number of sulfonamides is 1. The molecule has 2 aromatic carbocycles. The van der Waals surface area contributed by atoms with E-state index in [1.807, 2.05) is 0 Å². The van der Waals surface area contributed by atoms with Gasteiger partial charge in [0.2, 0.25) is 10.0 Å². The summed E-state index contributed by atoms with van der Waals surface area (Å²) in [5, 5.41) is 3.08. The summed E-state index contributed by atoms with van der Waals surface area (Å²) >= 11 is 0. The minimum atomic E-state index is -3.24. The van der Waals surface area contributed by atoms with Gasteiger partial charge in [0.1, 0.15) is 11.6 Å². The molecule has 0 radical (unpaired) electrons. The van der Waals surface area contributed by atoms with Crippen LogP contribution in [0.1, 0.15) is 24.1 Å². The van der Waals surface area contributed by atoms with Gasteiger partial charge in [-0.3, -0.25) is 0 Å². The van der Waals surface area contributed by atoms with Gasteiger partial charge in [0.25, 0.3) is 0 Å². The molecule has 4 nitrogen and oxygen atoms in total. The molecule has 0 aliphatic carbocycles.